The molecule has 0 saturated carbocycles. The third kappa shape index (κ3) is 12.9. The van der Waals surface area contributed by atoms with E-state index in [0.717, 1.165) is 12.1 Å². The van der Waals surface area contributed by atoms with Gasteiger partial charge in [-0.05, 0) is 77.8 Å². The molecule has 3 aromatic carbocycles. The Kier molecular flexibility index (Phi) is 17.9. The van der Waals surface area contributed by atoms with Gasteiger partial charge in [0.2, 0.25) is 5.91 Å². The Morgan fingerprint density at radius 2 is 1.71 bits per heavy atom. The number of nitrogens with zero attached hydrogens (tertiary/aromatic N) is 6. The summed E-state index contributed by atoms with van der Waals surface area (Å²) in [5.74, 6) is -1.66. The van der Waals surface area contributed by atoms with Gasteiger partial charge < -0.3 is 24.6 Å². The largest absolute Gasteiger partial charge is 1.00 e. The van der Waals surface area contributed by atoms with Gasteiger partial charge in [-0.1, -0.05) is 38.4 Å². The zero-order valence-corrected chi connectivity index (χ0v) is 39.5. The molecule has 2 amide bonds. The van der Waals surface area contributed by atoms with E-state index in [4.69, 9.17) is 11.6 Å². The molecule has 0 aliphatic heterocycles. The van der Waals surface area contributed by atoms with Crippen LogP contribution in [0.4, 0.5) is 28.6 Å². The zero-order valence-electron chi connectivity index (χ0n) is 31.5. The minimum atomic E-state index is -4.79. The molecule has 2 N–H and O–H groups in total. The van der Waals surface area contributed by atoms with Crippen LogP contribution in [0.25, 0.3) is 5.69 Å². The Bertz CT molecular complexity index is 2420. The van der Waals surface area contributed by atoms with E-state index in [1.165, 1.54) is 41.9 Å². The van der Waals surface area contributed by atoms with E-state index >= 15 is 0 Å². The number of amides is 2. The van der Waals surface area contributed by atoms with Crippen LogP contribution in [0.15, 0.2) is 74.2 Å². The van der Waals surface area contributed by atoms with E-state index in [-0.39, 0.29) is 117 Å². The third-order valence-electron chi connectivity index (χ3n) is 7.67. The molecule has 4 rings (SSSR count). The number of benzene rings is 3. The first-order valence-corrected chi connectivity index (χ1v) is 20.2. The van der Waals surface area contributed by atoms with Gasteiger partial charge >= 0.3 is 59.1 Å². The molecule has 1 heterocycles. The van der Waals surface area contributed by atoms with Crippen LogP contribution < -0.4 is 74.6 Å². The number of anilines is 3. The maximum atomic E-state index is 12.9. The summed E-state index contributed by atoms with van der Waals surface area (Å²) >= 11 is 10.2. The maximum Gasteiger partial charge on any atom is 1.00 e. The standard InChI is InChI=1S/C34H36BrClN8O8S2.2Na/c1-6-43(13-8-14-53(47,48)49)23-17-26(35)30(28(18-23)38-20(2)45)40-41-32-25(19-37)31(34(3,4)5)42-44(32)29-12-11-22(16-27(29)36)39-33(46)21-9-7-10-24(15-21)54(50,51)52;;/h7,9-12,15-18H,6,8,13-14H2,1-5H3,(H,38,45)(H,39,46)(H,47,48,49)(H,50,51,52);;/q;2*+1/p-2. The molecule has 0 bridgehead atoms. The van der Waals surface area contributed by atoms with E-state index in [0.29, 0.717) is 22.4 Å². The summed E-state index contributed by atoms with van der Waals surface area (Å²) in [6.07, 6.45) is 0.0873. The van der Waals surface area contributed by atoms with Gasteiger partial charge in [0.05, 0.1) is 37.1 Å². The second kappa shape index (κ2) is 20.3. The molecule has 286 valence electrons. The molecular formula is C34H34BrClN8Na2O8S2. The smallest absolute Gasteiger partial charge is 0.748 e. The molecule has 0 spiro atoms. The van der Waals surface area contributed by atoms with Crippen LogP contribution in [0.2, 0.25) is 5.02 Å². The van der Waals surface area contributed by atoms with Crippen LogP contribution >= 0.6 is 27.5 Å². The van der Waals surface area contributed by atoms with Crippen molar-refractivity contribution in [3.8, 4) is 11.8 Å². The first kappa shape index (κ1) is 49.4. The number of aromatic nitrogens is 2. The molecule has 56 heavy (non-hydrogen) atoms. The van der Waals surface area contributed by atoms with Gasteiger partial charge in [-0.2, -0.15) is 10.4 Å². The van der Waals surface area contributed by atoms with Gasteiger partial charge in [-0.15, -0.1) is 10.2 Å². The van der Waals surface area contributed by atoms with E-state index in [2.05, 4.69) is 48.0 Å². The third-order valence-corrected chi connectivity index (χ3v) is 10.2. The first-order valence-electron chi connectivity index (χ1n) is 16.0. The Balaban J connectivity index is 0.00000541. The van der Waals surface area contributed by atoms with Gasteiger partial charge in [-0.3, -0.25) is 9.59 Å². The Morgan fingerprint density at radius 1 is 1.04 bits per heavy atom. The van der Waals surface area contributed by atoms with Crippen molar-refractivity contribution >= 4 is 88.1 Å². The van der Waals surface area contributed by atoms with Crippen molar-refractivity contribution in [2.45, 2.75) is 51.3 Å². The molecular weight excluding hydrogens is 874 g/mol. The molecule has 0 atom stereocenters. The molecule has 0 aliphatic rings. The number of nitriles is 1. The second-order valence-electron chi connectivity index (χ2n) is 12.8. The predicted molar refractivity (Wildman–Crippen MR) is 204 cm³/mol. The number of hydrogen-bond acceptors (Lipinski definition) is 13. The Hall–Kier alpha value is -2.71. The summed E-state index contributed by atoms with van der Waals surface area (Å²) in [7, 11) is -9.19. The Morgan fingerprint density at radius 3 is 2.27 bits per heavy atom. The SMILES string of the molecule is CCN(CCCS(=O)(=O)[O-])c1cc(Br)c(N=Nc2c(C#N)c(C(C)(C)C)nn2-c2ccc(NC(=O)c3cccc(S(=O)(=O)[O-])c3)cc2Cl)c(NC(C)=O)c1.[Na+].[Na+]. The molecule has 1 aromatic heterocycles. The fourth-order valence-corrected chi connectivity index (χ4v) is 6.99. The van der Waals surface area contributed by atoms with Gasteiger partial charge in [0.15, 0.2) is 5.82 Å². The maximum absolute atomic E-state index is 12.9. The minimum absolute atomic E-state index is 0. The Labute approximate surface area is 382 Å². The minimum Gasteiger partial charge on any atom is -0.748 e. The fraction of sp³-hybridized carbons (Fsp3) is 0.294. The van der Waals surface area contributed by atoms with Crippen LogP contribution in [0.1, 0.15) is 62.7 Å². The predicted octanol–water partition coefficient (Wildman–Crippen LogP) is 0.757. The summed E-state index contributed by atoms with van der Waals surface area (Å²) in [4.78, 5) is 26.4. The van der Waals surface area contributed by atoms with Crippen molar-refractivity contribution in [2.75, 3.05) is 34.4 Å². The van der Waals surface area contributed by atoms with Crippen molar-refractivity contribution in [3.63, 3.8) is 0 Å². The number of rotatable bonds is 13. The van der Waals surface area contributed by atoms with Crippen molar-refractivity contribution in [1.29, 1.82) is 5.26 Å². The van der Waals surface area contributed by atoms with Gasteiger partial charge in [0.1, 0.15) is 27.4 Å². The quantitative estimate of drug-likeness (QED) is 0.108. The van der Waals surface area contributed by atoms with Crippen LogP contribution in [0, 0.1) is 11.3 Å². The number of nitrogens with one attached hydrogen (secondary N) is 2. The fourth-order valence-electron chi connectivity index (χ4n) is 5.20. The van der Waals surface area contributed by atoms with Crippen molar-refractivity contribution in [3.05, 3.63) is 80.9 Å². The van der Waals surface area contributed by atoms with E-state index < -0.39 is 48.1 Å². The normalized spacial score (nSPS) is 11.6. The summed E-state index contributed by atoms with van der Waals surface area (Å²) in [6.45, 7) is 9.40. The van der Waals surface area contributed by atoms with Crippen LogP contribution in [0.5, 0.6) is 0 Å². The summed E-state index contributed by atoms with van der Waals surface area (Å²) in [6, 6.07) is 14.5. The van der Waals surface area contributed by atoms with E-state index in [1.807, 2.05) is 32.6 Å². The number of carbonyl (C=O) groups is 2. The monoisotopic (exact) mass is 906 g/mol. The average molecular weight is 908 g/mol. The molecule has 0 unspecified atom stereocenters. The van der Waals surface area contributed by atoms with Crippen molar-refractivity contribution in [1.82, 2.24) is 9.78 Å². The molecule has 22 heteroatoms. The summed E-state index contributed by atoms with van der Waals surface area (Å²) < 4.78 is 69.5. The van der Waals surface area contributed by atoms with Gasteiger partial charge in [0.25, 0.3) is 5.91 Å². The topological polar surface area (TPSA) is 242 Å². The molecule has 0 saturated heterocycles. The van der Waals surface area contributed by atoms with Crippen LogP contribution in [-0.2, 0) is 30.4 Å². The molecule has 16 nitrogen and oxygen atoms in total. The number of halogens is 2. The number of hydrogen-bond donors (Lipinski definition) is 2. The molecule has 4 aromatic rings. The van der Waals surface area contributed by atoms with E-state index in [9.17, 15) is 40.8 Å². The first-order chi connectivity index (χ1) is 25.1. The number of carbonyl (C=O) groups excluding carboxylic acids is 2. The van der Waals surface area contributed by atoms with Crippen molar-refractivity contribution < 1.29 is 94.6 Å². The summed E-state index contributed by atoms with van der Waals surface area (Å²) in [5, 5.41) is 29.3. The van der Waals surface area contributed by atoms with E-state index in [1.54, 1.807) is 12.1 Å². The van der Waals surface area contributed by atoms with Gasteiger partial charge in [-0.25, -0.2) is 21.5 Å². The number of azo groups is 1. The van der Waals surface area contributed by atoms with Crippen LogP contribution in [-0.4, -0.2) is 66.4 Å². The van der Waals surface area contributed by atoms with Gasteiger partial charge in [0, 0.05) is 52.6 Å². The molecule has 0 fully saturated rings. The zero-order chi connectivity index (χ0) is 40.2. The molecule has 0 radical (unpaired) electrons. The average Bonchev–Trinajstić information content (AvgIpc) is 3.44. The molecule has 0 aliphatic carbocycles. The van der Waals surface area contributed by atoms with Crippen molar-refractivity contribution in [2.24, 2.45) is 10.2 Å². The second-order valence-corrected chi connectivity index (χ2v) is 17.0. The van der Waals surface area contributed by atoms with Crippen LogP contribution in [0.3, 0.4) is 0 Å². The summed E-state index contributed by atoms with van der Waals surface area (Å²) in [5.41, 5.74) is 1.22.